The van der Waals surface area contributed by atoms with E-state index < -0.39 is 0 Å². The Balaban J connectivity index is 0.00000220. The molecule has 3 N–H and O–H groups in total. The van der Waals surface area contributed by atoms with Crippen molar-refractivity contribution in [1.29, 1.82) is 0 Å². The first kappa shape index (κ1) is 18.2. The molecule has 1 aromatic rings. The highest BCUT2D eigenvalue weighted by Gasteiger charge is 2.20. The normalized spacial score (nSPS) is 18.9. The molecule has 0 saturated carbocycles. The average Bonchev–Trinajstić information content (AvgIpc) is 2.44. The van der Waals surface area contributed by atoms with Gasteiger partial charge in [0.05, 0.1) is 6.54 Å². The van der Waals surface area contributed by atoms with Gasteiger partial charge >= 0.3 is 0 Å². The molecule has 1 aromatic carbocycles. The predicted molar refractivity (Wildman–Crippen MR) is 90.3 cm³/mol. The van der Waals surface area contributed by atoms with E-state index in [1.165, 1.54) is 6.42 Å². The maximum atomic E-state index is 12.1. The van der Waals surface area contributed by atoms with Gasteiger partial charge in [-0.05, 0) is 56.5 Å². The summed E-state index contributed by atoms with van der Waals surface area (Å²) in [5, 5.41) is 3.61. The molecule has 0 spiro atoms. The number of carbonyl (C=O) groups is 1. The topological polar surface area (TPSA) is 58.4 Å². The van der Waals surface area contributed by atoms with Crippen molar-refractivity contribution >= 4 is 35.6 Å². The van der Waals surface area contributed by atoms with Crippen molar-refractivity contribution in [3.05, 3.63) is 28.8 Å². The van der Waals surface area contributed by atoms with Crippen molar-refractivity contribution in [1.82, 2.24) is 4.90 Å². The fraction of sp³-hybridized carbons (Fsp3) is 0.533. The van der Waals surface area contributed by atoms with Gasteiger partial charge in [0.15, 0.2) is 0 Å². The first-order chi connectivity index (χ1) is 9.60. The Bertz CT molecular complexity index is 482. The number of hydrogen-bond acceptors (Lipinski definition) is 3. The second-order valence-electron chi connectivity index (χ2n) is 5.44. The molecule has 21 heavy (non-hydrogen) atoms. The molecule has 118 valence electrons. The lowest BCUT2D eigenvalue weighted by molar-refractivity contribution is -0.117. The van der Waals surface area contributed by atoms with Crippen LogP contribution in [0.2, 0.25) is 5.02 Å². The lowest BCUT2D eigenvalue weighted by atomic mass is 9.98. The van der Waals surface area contributed by atoms with Gasteiger partial charge in [0.25, 0.3) is 0 Å². The van der Waals surface area contributed by atoms with E-state index >= 15 is 0 Å². The third-order valence-corrected chi connectivity index (χ3v) is 4.25. The Morgan fingerprint density at radius 1 is 1.52 bits per heavy atom. The predicted octanol–water partition coefficient (Wildman–Crippen LogP) is 2.68. The molecule has 1 aliphatic heterocycles. The molecule has 0 aromatic heterocycles. The molecule has 4 nitrogen and oxygen atoms in total. The molecule has 1 atom stereocenters. The molecule has 1 unspecified atom stereocenters. The Labute approximate surface area is 137 Å². The number of piperidine rings is 1. The zero-order valence-corrected chi connectivity index (χ0v) is 13.8. The summed E-state index contributed by atoms with van der Waals surface area (Å²) in [6.45, 7) is 4.91. The van der Waals surface area contributed by atoms with E-state index in [4.69, 9.17) is 17.3 Å². The molecule has 1 amide bonds. The van der Waals surface area contributed by atoms with E-state index in [0.29, 0.717) is 24.0 Å². The van der Waals surface area contributed by atoms with Gasteiger partial charge in [-0.25, -0.2) is 0 Å². The smallest absolute Gasteiger partial charge is 0.238 e. The van der Waals surface area contributed by atoms with E-state index in [9.17, 15) is 4.79 Å². The molecular formula is C15H23Cl2N3O. The number of nitrogens with zero attached hydrogens (tertiary/aromatic N) is 1. The average molecular weight is 332 g/mol. The third-order valence-electron chi connectivity index (χ3n) is 3.85. The van der Waals surface area contributed by atoms with Gasteiger partial charge in [0, 0.05) is 17.3 Å². The Morgan fingerprint density at radius 2 is 2.29 bits per heavy atom. The monoisotopic (exact) mass is 331 g/mol. The van der Waals surface area contributed by atoms with Crippen molar-refractivity contribution in [2.75, 3.05) is 31.5 Å². The largest absolute Gasteiger partial charge is 0.330 e. The first-order valence-electron chi connectivity index (χ1n) is 7.07. The highest BCUT2D eigenvalue weighted by Crippen LogP contribution is 2.23. The highest BCUT2D eigenvalue weighted by atomic mass is 35.5. The minimum atomic E-state index is 0. The van der Waals surface area contributed by atoms with Crippen LogP contribution in [0.5, 0.6) is 0 Å². The number of carbonyl (C=O) groups excluding carboxylic acids is 1. The molecule has 1 heterocycles. The van der Waals surface area contributed by atoms with Gasteiger partial charge in [-0.1, -0.05) is 17.7 Å². The molecule has 0 radical (unpaired) electrons. The Kier molecular flexibility index (Phi) is 7.46. The maximum Gasteiger partial charge on any atom is 0.238 e. The molecule has 1 saturated heterocycles. The number of nitrogens with one attached hydrogen (secondary N) is 1. The van der Waals surface area contributed by atoms with Crippen molar-refractivity contribution in [3.63, 3.8) is 0 Å². The fourth-order valence-electron chi connectivity index (χ4n) is 2.62. The van der Waals surface area contributed by atoms with Crippen molar-refractivity contribution in [2.24, 2.45) is 11.7 Å². The Hall–Kier alpha value is -0.810. The van der Waals surface area contributed by atoms with Crippen LogP contribution < -0.4 is 11.1 Å². The van der Waals surface area contributed by atoms with E-state index in [1.54, 1.807) is 0 Å². The second-order valence-corrected chi connectivity index (χ2v) is 5.85. The number of likely N-dealkylation sites (tertiary alicyclic amines) is 1. The molecule has 2 rings (SSSR count). The first-order valence-corrected chi connectivity index (χ1v) is 7.45. The van der Waals surface area contributed by atoms with Crippen LogP contribution in [0.3, 0.4) is 0 Å². The van der Waals surface area contributed by atoms with Gasteiger partial charge in [-0.3, -0.25) is 9.69 Å². The molecule has 0 bridgehead atoms. The van der Waals surface area contributed by atoms with Crippen LogP contribution in [-0.4, -0.2) is 37.0 Å². The van der Waals surface area contributed by atoms with Crippen LogP contribution in [0.15, 0.2) is 18.2 Å². The van der Waals surface area contributed by atoms with E-state index in [0.717, 1.165) is 30.8 Å². The van der Waals surface area contributed by atoms with Crippen LogP contribution in [-0.2, 0) is 4.79 Å². The number of nitrogens with two attached hydrogens (primary N) is 1. The molecule has 1 fully saturated rings. The summed E-state index contributed by atoms with van der Waals surface area (Å²) in [6, 6.07) is 5.54. The third kappa shape index (κ3) is 5.15. The van der Waals surface area contributed by atoms with Gasteiger partial charge in [0.2, 0.25) is 5.91 Å². The standard InChI is InChI=1S/C15H22ClN3O.ClH/c1-11-13(16)5-2-6-14(11)18-15(20)10-19-7-3-4-12(8-17)9-19;/h2,5-6,12H,3-4,7-10,17H2,1H3,(H,18,20);1H. The summed E-state index contributed by atoms with van der Waals surface area (Å²) in [5.74, 6) is 0.525. The van der Waals surface area contributed by atoms with Crippen molar-refractivity contribution in [2.45, 2.75) is 19.8 Å². The van der Waals surface area contributed by atoms with Crippen LogP contribution in [0.25, 0.3) is 0 Å². The van der Waals surface area contributed by atoms with Crippen LogP contribution in [0, 0.1) is 12.8 Å². The number of hydrogen-bond donors (Lipinski definition) is 2. The highest BCUT2D eigenvalue weighted by molar-refractivity contribution is 6.31. The van der Waals surface area contributed by atoms with Gasteiger partial charge in [0.1, 0.15) is 0 Å². The quantitative estimate of drug-likeness (QED) is 0.891. The van der Waals surface area contributed by atoms with E-state index in [2.05, 4.69) is 10.2 Å². The number of anilines is 1. The van der Waals surface area contributed by atoms with E-state index in [-0.39, 0.29) is 18.3 Å². The molecule has 0 aliphatic carbocycles. The summed E-state index contributed by atoms with van der Waals surface area (Å²) < 4.78 is 0. The second kappa shape index (κ2) is 8.59. The number of halogens is 2. The minimum Gasteiger partial charge on any atom is -0.330 e. The van der Waals surface area contributed by atoms with Crippen LogP contribution in [0.1, 0.15) is 18.4 Å². The zero-order valence-electron chi connectivity index (χ0n) is 12.3. The number of amides is 1. The summed E-state index contributed by atoms with van der Waals surface area (Å²) in [7, 11) is 0. The SMILES string of the molecule is Cc1c(Cl)cccc1NC(=O)CN1CCCC(CN)C1.Cl. The fourth-order valence-corrected chi connectivity index (χ4v) is 2.80. The molecule has 1 aliphatic rings. The van der Waals surface area contributed by atoms with Gasteiger partial charge in [-0.15, -0.1) is 12.4 Å². The maximum absolute atomic E-state index is 12.1. The van der Waals surface area contributed by atoms with Gasteiger partial charge < -0.3 is 11.1 Å². The summed E-state index contributed by atoms with van der Waals surface area (Å²) in [4.78, 5) is 14.3. The molecule has 6 heteroatoms. The summed E-state index contributed by atoms with van der Waals surface area (Å²) >= 11 is 6.05. The number of benzene rings is 1. The Morgan fingerprint density at radius 3 is 3.00 bits per heavy atom. The zero-order chi connectivity index (χ0) is 14.5. The van der Waals surface area contributed by atoms with Crippen molar-refractivity contribution < 1.29 is 4.79 Å². The minimum absolute atomic E-state index is 0. The summed E-state index contributed by atoms with van der Waals surface area (Å²) in [5.41, 5.74) is 7.41. The van der Waals surface area contributed by atoms with Crippen LogP contribution >= 0.6 is 24.0 Å². The lowest BCUT2D eigenvalue weighted by Crippen LogP contribution is -2.42. The van der Waals surface area contributed by atoms with E-state index in [1.807, 2.05) is 25.1 Å². The summed E-state index contributed by atoms with van der Waals surface area (Å²) in [6.07, 6.45) is 2.29. The van der Waals surface area contributed by atoms with Crippen LogP contribution in [0.4, 0.5) is 5.69 Å². The number of rotatable bonds is 4. The van der Waals surface area contributed by atoms with Crippen molar-refractivity contribution in [3.8, 4) is 0 Å². The lowest BCUT2D eigenvalue weighted by Gasteiger charge is -2.31. The van der Waals surface area contributed by atoms with Gasteiger partial charge in [-0.2, -0.15) is 0 Å². The molecular weight excluding hydrogens is 309 g/mol.